The topological polar surface area (TPSA) is 70.2 Å². The SMILES string of the molecule is Cc1noc(C(C)OC(=O)c2cn(CC(C)C)c3ccccc23)n1. The number of ether oxygens (including phenoxy) is 1. The smallest absolute Gasteiger partial charge is 0.341 e. The molecule has 0 aliphatic rings. The van der Waals surface area contributed by atoms with E-state index in [2.05, 4.69) is 28.6 Å². The number of esters is 1. The highest BCUT2D eigenvalue weighted by Crippen LogP contribution is 2.25. The van der Waals surface area contributed by atoms with Crippen LogP contribution in [0.4, 0.5) is 0 Å². The molecule has 24 heavy (non-hydrogen) atoms. The van der Waals surface area contributed by atoms with Gasteiger partial charge in [0.05, 0.1) is 5.56 Å². The molecular weight excluding hydrogens is 306 g/mol. The number of nitrogens with zero attached hydrogens (tertiary/aromatic N) is 3. The number of para-hydroxylation sites is 1. The Balaban J connectivity index is 1.89. The molecule has 2 heterocycles. The van der Waals surface area contributed by atoms with Crippen LogP contribution in [-0.2, 0) is 11.3 Å². The highest BCUT2D eigenvalue weighted by atomic mass is 16.6. The summed E-state index contributed by atoms with van der Waals surface area (Å²) in [5, 5.41) is 4.61. The van der Waals surface area contributed by atoms with Gasteiger partial charge in [-0.05, 0) is 25.8 Å². The minimum Gasteiger partial charge on any atom is -0.449 e. The molecule has 1 atom stereocenters. The fourth-order valence-corrected chi connectivity index (χ4v) is 2.71. The van der Waals surface area contributed by atoms with Gasteiger partial charge in [0.25, 0.3) is 5.89 Å². The van der Waals surface area contributed by atoms with Gasteiger partial charge in [-0.1, -0.05) is 37.2 Å². The monoisotopic (exact) mass is 327 g/mol. The quantitative estimate of drug-likeness (QED) is 0.665. The van der Waals surface area contributed by atoms with Crippen LogP contribution in [0.3, 0.4) is 0 Å². The number of benzene rings is 1. The van der Waals surface area contributed by atoms with E-state index in [1.807, 2.05) is 30.5 Å². The molecule has 3 rings (SSSR count). The Labute approximate surface area is 140 Å². The van der Waals surface area contributed by atoms with Gasteiger partial charge in [-0.3, -0.25) is 0 Å². The van der Waals surface area contributed by atoms with Crippen LogP contribution in [0.5, 0.6) is 0 Å². The maximum absolute atomic E-state index is 12.6. The second-order valence-electron chi connectivity index (χ2n) is 6.33. The third-order valence-corrected chi connectivity index (χ3v) is 3.75. The fourth-order valence-electron chi connectivity index (χ4n) is 2.71. The van der Waals surface area contributed by atoms with Gasteiger partial charge in [0.15, 0.2) is 11.9 Å². The van der Waals surface area contributed by atoms with Crippen molar-refractivity contribution >= 4 is 16.9 Å². The summed E-state index contributed by atoms with van der Waals surface area (Å²) in [4.78, 5) is 16.7. The van der Waals surface area contributed by atoms with E-state index in [0.717, 1.165) is 17.4 Å². The number of hydrogen-bond donors (Lipinski definition) is 0. The molecule has 0 saturated carbocycles. The first-order valence-electron chi connectivity index (χ1n) is 8.04. The first kappa shape index (κ1) is 16.2. The summed E-state index contributed by atoms with van der Waals surface area (Å²) in [7, 11) is 0. The summed E-state index contributed by atoms with van der Waals surface area (Å²) < 4.78 is 12.7. The number of fused-ring (bicyclic) bond motifs is 1. The maximum Gasteiger partial charge on any atom is 0.341 e. The Hall–Kier alpha value is -2.63. The van der Waals surface area contributed by atoms with Gasteiger partial charge >= 0.3 is 5.97 Å². The number of hydrogen-bond acceptors (Lipinski definition) is 5. The van der Waals surface area contributed by atoms with Crippen LogP contribution < -0.4 is 0 Å². The molecular formula is C18H21N3O3. The highest BCUT2D eigenvalue weighted by molar-refractivity contribution is 6.04. The van der Waals surface area contributed by atoms with Crippen molar-refractivity contribution in [2.24, 2.45) is 5.92 Å². The predicted molar refractivity (Wildman–Crippen MR) is 89.6 cm³/mol. The Bertz CT molecular complexity index is 863. The van der Waals surface area contributed by atoms with Crippen molar-refractivity contribution in [3.8, 4) is 0 Å². The summed E-state index contributed by atoms with van der Waals surface area (Å²) in [6, 6.07) is 7.84. The Kier molecular flexibility index (Phi) is 4.38. The Morgan fingerprint density at radius 2 is 2.04 bits per heavy atom. The second-order valence-corrected chi connectivity index (χ2v) is 6.33. The van der Waals surface area contributed by atoms with Crippen molar-refractivity contribution in [3.05, 3.63) is 47.7 Å². The van der Waals surface area contributed by atoms with Gasteiger partial charge in [-0.25, -0.2) is 4.79 Å². The molecule has 126 valence electrons. The molecule has 0 spiro atoms. The van der Waals surface area contributed by atoms with E-state index in [9.17, 15) is 4.79 Å². The molecule has 0 fully saturated rings. The normalized spacial score (nSPS) is 12.7. The number of aryl methyl sites for hydroxylation is 1. The molecule has 0 amide bonds. The van der Waals surface area contributed by atoms with E-state index >= 15 is 0 Å². The lowest BCUT2D eigenvalue weighted by atomic mass is 10.2. The van der Waals surface area contributed by atoms with Crippen LogP contribution in [-0.4, -0.2) is 20.7 Å². The fraction of sp³-hybridized carbons (Fsp3) is 0.389. The van der Waals surface area contributed by atoms with Crippen molar-refractivity contribution < 1.29 is 14.1 Å². The second kappa shape index (κ2) is 6.47. The van der Waals surface area contributed by atoms with Crippen molar-refractivity contribution in [3.63, 3.8) is 0 Å². The maximum atomic E-state index is 12.6. The standard InChI is InChI=1S/C18H21N3O3/c1-11(2)9-21-10-15(14-7-5-6-8-16(14)21)18(22)23-12(3)17-19-13(4)20-24-17/h5-8,10-12H,9H2,1-4H3. The number of aromatic nitrogens is 3. The Morgan fingerprint density at radius 3 is 2.71 bits per heavy atom. The minimum absolute atomic E-state index is 0.298. The van der Waals surface area contributed by atoms with E-state index in [1.165, 1.54) is 0 Å². The molecule has 0 saturated heterocycles. The van der Waals surface area contributed by atoms with Crippen LogP contribution in [0.2, 0.25) is 0 Å². The summed E-state index contributed by atoms with van der Waals surface area (Å²) in [5.41, 5.74) is 1.58. The van der Waals surface area contributed by atoms with Crippen LogP contribution in [0.15, 0.2) is 35.0 Å². The average Bonchev–Trinajstić information content (AvgIpc) is 3.11. The molecule has 0 aliphatic carbocycles. The average molecular weight is 327 g/mol. The third kappa shape index (κ3) is 3.18. The molecule has 0 bridgehead atoms. The number of carbonyl (C=O) groups excluding carboxylic acids is 1. The highest BCUT2D eigenvalue weighted by Gasteiger charge is 2.22. The predicted octanol–water partition coefficient (Wildman–Crippen LogP) is 3.91. The van der Waals surface area contributed by atoms with Gasteiger partial charge in [-0.2, -0.15) is 4.98 Å². The van der Waals surface area contributed by atoms with E-state index < -0.39 is 12.1 Å². The molecule has 3 aromatic rings. The van der Waals surface area contributed by atoms with Gasteiger partial charge in [0.2, 0.25) is 0 Å². The molecule has 2 aromatic heterocycles. The zero-order valence-corrected chi connectivity index (χ0v) is 14.3. The summed E-state index contributed by atoms with van der Waals surface area (Å²) in [6.45, 7) is 8.57. The van der Waals surface area contributed by atoms with Crippen molar-refractivity contribution in [1.82, 2.24) is 14.7 Å². The lowest BCUT2D eigenvalue weighted by Gasteiger charge is -2.08. The van der Waals surface area contributed by atoms with Crippen LogP contribution >= 0.6 is 0 Å². The summed E-state index contributed by atoms with van der Waals surface area (Å²) in [5.74, 6) is 0.898. The van der Waals surface area contributed by atoms with E-state index in [0.29, 0.717) is 23.2 Å². The molecule has 0 N–H and O–H groups in total. The van der Waals surface area contributed by atoms with Crippen molar-refractivity contribution in [1.29, 1.82) is 0 Å². The molecule has 1 aromatic carbocycles. The van der Waals surface area contributed by atoms with Crippen LogP contribution in [0, 0.1) is 12.8 Å². The van der Waals surface area contributed by atoms with E-state index in [1.54, 1.807) is 13.8 Å². The third-order valence-electron chi connectivity index (χ3n) is 3.75. The lowest BCUT2D eigenvalue weighted by Crippen LogP contribution is -2.09. The summed E-state index contributed by atoms with van der Waals surface area (Å²) in [6.07, 6.45) is 1.27. The molecule has 6 heteroatoms. The van der Waals surface area contributed by atoms with Crippen LogP contribution in [0.25, 0.3) is 10.9 Å². The van der Waals surface area contributed by atoms with E-state index in [4.69, 9.17) is 9.26 Å². The number of carbonyl (C=O) groups is 1. The molecule has 0 aliphatic heterocycles. The van der Waals surface area contributed by atoms with Crippen molar-refractivity contribution in [2.45, 2.75) is 40.3 Å². The van der Waals surface area contributed by atoms with Gasteiger partial charge in [-0.15, -0.1) is 0 Å². The Morgan fingerprint density at radius 1 is 1.29 bits per heavy atom. The minimum atomic E-state index is -0.592. The zero-order chi connectivity index (χ0) is 17.3. The largest absolute Gasteiger partial charge is 0.449 e. The first-order valence-corrected chi connectivity index (χ1v) is 8.04. The molecule has 0 radical (unpaired) electrons. The number of rotatable bonds is 5. The zero-order valence-electron chi connectivity index (χ0n) is 14.3. The molecule has 6 nitrogen and oxygen atoms in total. The van der Waals surface area contributed by atoms with Crippen molar-refractivity contribution in [2.75, 3.05) is 0 Å². The van der Waals surface area contributed by atoms with Gasteiger partial charge in [0.1, 0.15) is 0 Å². The first-order chi connectivity index (χ1) is 11.5. The lowest BCUT2D eigenvalue weighted by molar-refractivity contribution is 0.0267. The molecule has 1 unspecified atom stereocenters. The van der Waals surface area contributed by atoms with Gasteiger partial charge < -0.3 is 13.8 Å². The summed E-state index contributed by atoms with van der Waals surface area (Å²) >= 11 is 0. The van der Waals surface area contributed by atoms with E-state index in [-0.39, 0.29) is 0 Å². The van der Waals surface area contributed by atoms with Crippen LogP contribution in [0.1, 0.15) is 48.9 Å². The van der Waals surface area contributed by atoms with Gasteiger partial charge in [0, 0.05) is 23.6 Å².